The van der Waals surface area contributed by atoms with Gasteiger partial charge in [0, 0.05) is 0 Å². The third kappa shape index (κ3) is 5.44. The summed E-state index contributed by atoms with van der Waals surface area (Å²) < 4.78 is 28.5. The number of hydrogen-bond donors (Lipinski definition) is 2. The quantitative estimate of drug-likeness (QED) is 0.578. The fraction of sp³-hybridized carbons (Fsp3) is 0.238. The number of amides is 1. The lowest BCUT2D eigenvalue weighted by Gasteiger charge is -2.14. The van der Waals surface area contributed by atoms with Gasteiger partial charge >= 0.3 is 0 Å². The normalized spacial score (nSPS) is 12.4. The van der Waals surface area contributed by atoms with E-state index in [-0.39, 0.29) is 23.5 Å². The van der Waals surface area contributed by atoms with Gasteiger partial charge in [0.2, 0.25) is 10.0 Å². The molecule has 0 spiro atoms. The number of sulfonamides is 1. The molecule has 3 N–H and O–H groups in total. The average molecular weight is 446 g/mol. The van der Waals surface area contributed by atoms with Crippen molar-refractivity contribution in [3.8, 4) is 5.75 Å². The minimum Gasteiger partial charge on any atom is -0.486 e. The lowest BCUT2D eigenvalue weighted by molar-refractivity contribution is 0.0943. The van der Waals surface area contributed by atoms with Crippen LogP contribution in [0, 0.1) is 13.8 Å². The standard InChI is InChI=1S/C21H23N3O4S2/c1-13-4-8-17(9-5-13)28-12-19-23-15(3)20(29-19)21(25)24-14(2)16-6-10-18(11-7-16)30(22,26)27/h4-11,14H,12H2,1-3H3,(H,24,25)(H2,22,26,27)/t14-/m1/s1. The van der Waals surface area contributed by atoms with Crippen LogP contribution in [0.2, 0.25) is 0 Å². The van der Waals surface area contributed by atoms with Crippen LogP contribution >= 0.6 is 11.3 Å². The summed E-state index contributed by atoms with van der Waals surface area (Å²) in [6, 6.07) is 13.5. The van der Waals surface area contributed by atoms with Crippen LogP contribution in [0.4, 0.5) is 0 Å². The fourth-order valence-electron chi connectivity index (χ4n) is 2.80. The summed E-state index contributed by atoms with van der Waals surface area (Å²) in [5.41, 5.74) is 2.55. The van der Waals surface area contributed by atoms with Crippen LogP contribution in [-0.2, 0) is 16.6 Å². The summed E-state index contributed by atoms with van der Waals surface area (Å²) in [5.74, 6) is 0.505. The van der Waals surface area contributed by atoms with E-state index in [4.69, 9.17) is 9.88 Å². The maximum Gasteiger partial charge on any atom is 0.263 e. The molecule has 0 radical (unpaired) electrons. The predicted molar refractivity (Wildman–Crippen MR) is 116 cm³/mol. The van der Waals surface area contributed by atoms with E-state index in [1.807, 2.05) is 38.1 Å². The summed E-state index contributed by atoms with van der Waals surface area (Å²) in [6.45, 7) is 5.90. The topological polar surface area (TPSA) is 111 Å². The number of nitrogens with one attached hydrogen (secondary N) is 1. The molecule has 2 aromatic carbocycles. The van der Waals surface area contributed by atoms with E-state index in [0.29, 0.717) is 15.6 Å². The number of rotatable bonds is 7. The molecule has 1 amide bonds. The highest BCUT2D eigenvalue weighted by Crippen LogP contribution is 2.22. The minimum atomic E-state index is -3.75. The summed E-state index contributed by atoms with van der Waals surface area (Å²) in [7, 11) is -3.75. The van der Waals surface area contributed by atoms with Crippen molar-refractivity contribution in [2.75, 3.05) is 0 Å². The van der Waals surface area contributed by atoms with Crippen LogP contribution in [0.3, 0.4) is 0 Å². The smallest absolute Gasteiger partial charge is 0.263 e. The molecular formula is C21H23N3O4S2. The highest BCUT2D eigenvalue weighted by molar-refractivity contribution is 7.89. The van der Waals surface area contributed by atoms with Gasteiger partial charge in [-0.3, -0.25) is 4.79 Å². The van der Waals surface area contributed by atoms with Crippen LogP contribution in [-0.4, -0.2) is 19.3 Å². The van der Waals surface area contributed by atoms with E-state index in [9.17, 15) is 13.2 Å². The molecule has 0 aliphatic heterocycles. The van der Waals surface area contributed by atoms with E-state index in [1.165, 1.54) is 23.5 Å². The highest BCUT2D eigenvalue weighted by Gasteiger charge is 2.18. The summed E-state index contributed by atoms with van der Waals surface area (Å²) in [5, 5.41) is 8.74. The van der Waals surface area contributed by atoms with E-state index in [2.05, 4.69) is 10.3 Å². The van der Waals surface area contributed by atoms with Crippen molar-refractivity contribution in [3.05, 3.63) is 75.2 Å². The van der Waals surface area contributed by atoms with Gasteiger partial charge in [0.05, 0.1) is 16.6 Å². The van der Waals surface area contributed by atoms with Gasteiger partial charge in [-0.05, 0) is 50.6 Å². The first kappa shape index (κ1) is 21.9. The van der Waals surface area contributed by atoms with E-state index >= 15 is 0 Å². The Kier molecular flexibility index (Phi) is 6.55. The van der Waals surface area contributed by atoms with Crippen LogP contribution in [0.25, 0.3) is 0 Å². The molecule has 0 fully saturated rings. The lowest BCUT2D eigenvalue weighted by Crippen LogP contribution is -2.26. The van der Waals surface area contributed by atoms with Gasteiger partial charge in [-0.15, -0.1) is 11.3 Å². The first-order chi connectivity index (χ1) is 14.1. The van der Waals surface area contributed by atoms with E-state index in [0.717, 1.165) is 16.9 Å². The van der Waals surface area contributed by atoms with Crippen LogP contribution < -0.4 is 15.2 Å². The molecule has 0 bridgehead atoms. The Hall–Kier alpha value is -2.75. The van der Waals surface area contributed by atoms with Crippen LogP contribution in [0.1, 0.15) is 44.5 Å². The number of primary sulfonamides is 1. The number of ether oxygens (including phenoxy) is 1. The van der Waals surface area contributed by atoms with Crippen molar-refractivity contribution in [2.45, 2.75) is 38.3 Å². The van der Waals surface area contributed by atoms with Gasteiger partial charge in [-0.25, -0.2) is 18.5 Å². The Balaban J connectivity index is 1.64. The van der Waals surface area contributed by atoms with Crippen molar-refractivity contribution in [2.24, 2.45) is 5.14 Å². The number of aryl methyl sites for hydroxylation is 2. The Morgan fingerprint density at radius 2 is 1.77 bits per heavy atom. The Bertz CT molecular complexity index is 1140. The van der Waals surface area contributed by atoms with E-state index < -0.39 is 10.0 Å². The second-order valence-electron chi connectivity index (χ2n) is 6.93. The Labute approximate surface area is 180 Å². The number of thiazole rings is 1. The largest absolute Gasteiger partial charge is 0.486 e. The van der Waals surface area contributed by atoms with Gasteiger partial charge in [0.25, 0.3) is 5.91 Å². The number of nitrogens with two attached hydrogens (primary N) is 1. The third-order valence-electron chi connectivity index (χ3n) is 4.49. The van der Waals surface area contributed by atoms with Gasteiger partial charge in [0.1, 0.15) is 22.2 Å². The monoisotopic (exact) mass is 445 g/mol. The predicted octanol–water partition coefficient (Wildman–Crippen LogP) is 3.48. The molecule has 0 aliphatic rings. The number of benzene rings is 2. The number of carbonyl (C=O) groups excluding carboxylic acids is 1. The van der Waals surface area contributed by atoms with Crippen molar-refractivity contribution < 1.29 is 17.9 Å². The molecule has 158 valence electrons. The first-order valence-corrected chi connectivity index (χ1v) is 11.6. The van der Waals surface area contributed by atoms with Crippen molar-refractivity contribution in [1.82, 2.24) is 10.3 Å². The van der Waals surface area contributed by atoms with Gasteiger partial charge in [0.15, 0.2) is 0 Å². The number of hydrogen-bond acceptors (Lipinski definition) is 6. The molecule has 1 atom stereocenters. The zero-order chi connectivity index (χ0) is 21.9. The summed E-state index contributed by atoms with van der Waals surface area (Å²) in [4.78, 5) is 17.7. The molecule has 3 rings (SSSR count). The molecule has 30 heavy (non-hydrogen) atoms. The minimum absolute atomic E-state index is 0.0290. The number of aromatic nitrogens is 1. The molecule has 7 nitrogen and oxygen atoms in total. The molecule has 1 aromatic heterocycles. The molecule has 0 aliphatic carbocycles. The molecule has 3 aromatic rings. The lowest BCUT2D eigenvalue weighted by atomic mass is 10.1. The van der Waals surface area contributed by atoms with Gasteiger partial charge < -0.3 is 10.1 Å². The van der Waals surface area contributed by atoms with Crippen LogP contribution in [0.5, 0.6) is 5.75 Å². The summed E-state index contributed by atoms with van der Waals surface area (Å²) >= 11 is 1.29. The molecule has 9 heteroatoms. The average Bonchev–Trinajstić information content (AvgIpc) is 3.07. The zero-order valence-corrected chi connectivity index (χ0v) is 18.5. The number of nitrogens with zero attached hydrogens (tertiary/aromatic N) is 1. The molecule has 0 saturated carbocycles. The molecule has 0 unspecified atom stereocenters. The Morgan fingerprint density at radius 3 is 2.37 bits per heavy atom. The van der Waals surface area contributed by atoms with Crippen molar-refractivity contribution >= 4 is 27.3 Å². The third-order valence-corrected chi connectivity index (χ3v) is 6.55. The second kappa shape index (κ2) is 8.95. The fourth-order valence-corrected chi connectivity index (χ4v) is 4.19. The summed E-state index contributed by atoms with van der Waals surface area (Å²) in [6.07, 6.45) is 0. The zero-order valence-electron chi connectivity index (χ0n) is 16.9. The van der Waals surface area contributed by atoms with E-state index in [1.54, 1.807) is 19.1 Å². The maximum atomic E-state index is 12.7. The van der Waals surface area contributed by atoms with Gasteiger partial charge in [-0.2, -0.15) is 0 Å². The van der Waals surface area contributed by atoms with Crippen molar-refractivity contribution in [3.63, 3.8) is 0 Å². The Morgan fingerprint density at radius 1 is 1.13 bits per heavy atom. The second-order valence-corrected chi connectivity index (χ2v) is 9.58. The SMILES string of the molecule is Cc1ccc(OCc2nc(C)c(C(=O)N[C@H](C)c3ccc(S(N)(=O)=O)cc3)s2)cc1. The maximum absolute atomic E-state index is 12.7. The molecular weight excluding hydrogens is 422 g/mol. The van der Waals surface area contributed by atoms with Crippen molar-refractivity contribution in [1.29, 1.82) is 0 Å². The van der Waals surface area contributed by atoms with Crippen LogP contribution in [0.15, 0.2) is 53.4 Å². The van der Waals surface area contributed by atoms with Gasteiger partial charge in [-0.1, -0.05) is 29.8 Å². The first-order valence-electron chi connectivity index (χ1n) is 9.23. The highest BCUT2D eigenvalue weighted by atomic mass is 32.2. The molecule has 1 heterocycles. The molecule has 0 saturated heterocycles. The number of carbonyl (C=O) groups is 1.